The van der Waals surface area contributed by atoms with Crippen molar-refractivity contribution in [1.29, 1.82) is 0 Å². The van der Waals surface area contributed by atoms with Crippen molar-refractivity contribution in [3.63, 3.8) is 0 Å². The van der Waals surface area contributed by atoms with Crippen LogP contribution in [-0.2, 0) is 0 Å². The average Bonchev–Trinajstić information content (AvgIpc) is 2.81. The molecule has 1 aliphatic heterocycles. The van der Waals surface area contributed by atoms with Crippen molar-refractivity contribution in [3.8, 4) is 0 Å². The lowest BCUT2D eigenvalue weighted by Gasteiger charge is -2.28. The van der Waals surface area contributed by atoms with Crippen LogP contribution in [0.2, 0.25) is 0 Å². The molecule has 0 saturated carbocycles. The third-order valence-corrected chi connectivity index (χ3v) is 3.82. The van der Waals surface area contributed by atoms with Gasteiger partial charge in [-0.2, -0.15) is 0 Å². The molecule has 0 aromatic carbocycles. The fraction of sp³-hybridized carbons (Fsp3) is 1.00. The topological polar surface area (TPSA) is 15.3 Å². The molecule has 96 valence electrons. The van der Waals surface area contributed by atoms with Gasteiger partial charge in [0.1, 0.15) is 0 Å². The van der Waals surface area contributed by atoms with Crippen LogP contribution in [0.5, 0.6) is 0 Å². The SMILES string of the molecule is CCCCC(C)NCC(CC)N1CCCC1. The van der Waals surface area contributed by atoms with Crippen molar-refractivity contribution in [2.45, 2.75) is 71.4 Å². The molecule has 0 aromatic heterocycles. The molecule has 2 atom stereocenters. The van der Waals surface area contributed by atoms with Crippen molar-refractivity contribution in [1.82, 2.24) is 10.2 Å². The lowest BCUT2D eigenvalue weighted by Crippen LogP contribution is -2.42. The summed E-state index contributed by atoms with van der Waals surface area (Å²) in [6.07, 6.45) is 8.09. The summed E-state index contributed by atoms with van der Waals surface area (Å²) in [4.78, 5) is 2.67. The zero-order chi connectivity index (χ0) is 11.8. The first kappa shape index (κ1) is 14.0. The van der Waals surface area contributed by atoms with E-state index in [0.717, 1.165) is 6.04 Å². The Labute approximate surface area is 102 Å². The maximum absolute atomic E-state index is 3.70. The number of nitrogens with zero attached hydrogens (tertiary/aromatic N) is 1. The van der Waals surface area contributed by atoms with Crippen LogP contribution in [-0.4, -0.2) is 36.6 Å². The van der Waals surface area contributed by atoms with Crippen molar-refractivity contribution < 1.29 is 0 Å². The van der Waals surface area contributed by atoms with Gasteiger partial charge in [-0.25, -0.2) is 0 Å². The molecule has 2 unspecified atom stereocenters. The lowest BCUT2D eigenvalue weighted by molar-refractivity contribution is 0.224. The summed E-state index contributed by atoms with van der Waals surface area (Å²) in [5.74, 6) is 0. The lowest BCUT2D eigenvalue weighted by atomic mass is 10.1. The average molecular weight is 226 g/mol. The molecule has 1 rings (SSSR count). The monoisotopic (exact) mass is 226 g/mol. The minimum atomic E-state index is 0.691. The van der Waals surface area contributed by atoms with Gasteiger partial charge in [-0.15, -0.1) is 0 Å². The maximum atomic E-state index is 3.70. The standard InChI is InChI=1S/C14H30N2/c1-4-6-9-13(3)15-12-14(5-2)16-10-7-8-11-16/h13-15H,4-12H2,1-3H3. The van der Waals surface area contributed by atoms with E-state index >= 15 is 0 Å². The predicted molar refractivity (Wildman–Crippen MR) is 71.9 cm³/mol. The molecule has 1 fully saturated rings. The molecular weight excluding hydrogens is 196 g/mol. The number of likely N-dealkylation sites (tertiary alicyclic amines) is 1. The third-order valence-electron chi connectivity index (χ3n) is 3.82. The molecule has 0 aromatic rings. The molecule has 1 heterocycles. The van der Waals surface area contributed by atoms with Crippen LogP contribution >= 0.6 is 0 Å². The van der Waals surface area contributed by atoms with Crippen molar-refractivity contribution in [3.05, 3.63) is 0 Å². The van der Waals surface area contributed by atoms with Gasteiger partial charge in [0.25, 0.3) is 0 Å². The van der Waals surface area contributed by atoms with Gasteiger partial charge in [-0.05, 0) is 45.7 Å². The van der Waals surface area contributed by atoms with E-state index < -0.39 is 0 Å². The smallest absolute Gasteiger partial charge is 0.0218 e. The highest BCUT2D eigenvalue weighted by molar-refractivity contribution is 4.78. The van der Waals surface area contributed by atoms with Crippen molar-refractivity contribution in [2.24, 2.45) is 0 Å². The Bertz CT molecular complexity index is 164. The molecule has 1 aliphatic rings. The number of nitrogens with one attached hydrogen (secondary N) is 1. The third kappa shape index (κ3) is 4.84. The van der Waals surface area contributed by atoms with Gasteiger partial charge in [0, 0.05) is 18.6 Å². The van der Waals surface area contributed by atoms with Crippen molar-refractivity contribution >= 4 is 0 Å². The Kier molecular flexibility index (Phi) is 7.06. The van der Waals surface area contributed by atoms with Crippen LogP contribution in [0.4, 0.5) is 0 Å². The summed E-state index contributed by atoms with van der Waals surface area (Å²) in [6.45, 7) is 10.7. The first-order chi connectivity index (χ1) is 7.77. The highest BCUT2D eigenvalue weighted by Gasteiger charge is 2.20. The van der Waals surface area contributed by atoms with E-state index in [-0.39, 0.29) is 0 Å². The van der Waals surface area contributed by atoms with E-state index in [1.807, 2.05) is 0 Å². The first-order valence-corrected chi connectivity index (χ1v) is 7.25. The fourth-order valence-corrected chi connectivity index (χ4v) is 2.59. The first-order valence-electron chi connectivity index (χ1n) is 7.25. The zero-order valence-electron chi connectivity index (χ0n) is 11.5. The number of hydrogen-bond acceptors (Lipinski definition) is 2. The second-order valence-electron chi connectivity index (χ2n) is 5.26. The van der Waals surface area contributed by atoms with Gasteiger partial charge in [0.2, 0.25) is 0 Å². The van der Waals surface area contributed by atoms with Crippen LogP contribution in [0.3, 0.4) is 0 Å². The molecule has 1 N–H and O–H groups in total. The molecule has 0 radical (unpaired) electrons. The van der Waals surface area contributed by atoms with Gasteiger partial charge < -0.3 is 5.32 Å². The van der Waals surface area contributed by atoms with Gasteiger partial charge in [-0.1, -0.05) is 26.7 Å². The highest BCUT2D eigenvalue weighted by Crippen LogP contribution is 2.13. The molecule has 2 nitrogen and oxygen atoms in total. The molecule has 0 bridgehead atoms. The number of rotatable bonds is 8. The quantitative estimate of drug-likeness (QED) is 0.684. The normalized spacial score (nSPS) is 21.2. The van der Waals surface area contributed by atoms with Gasteiger partial charge in [0.15, 0.2) is 0 Å². The van der Waals surface area contributed by atoms with Gasteiger partial charge in [0.05, 0.1) is 0 Å². The van der Waals surface area contributed by atoms with E-state index in [1.54, 1.807) is 0 Å². The second kappa shape index (κ2) is 8.08. The van der Waals surface area contributed by atoms with Gasteiger partial charge in [-0.3, -0.25) is 4.90 Å². The summed E-state index contributed by atoms with van der Waals surface area (Å²) in [7, 11) is 0. The van der Waals surface area contributed by atoms with Crippen molar-refractivity contribution in [2.75, 3.05) is 19.6 Å². The van der Waals surface area contributed by atoms with E-state index in [4.69, 9.17) is 0 Å². The summed E-state index contributed by atoms with van der Waals surface area (Å²) < 4.78 is 0. The molecule has 1 saturated heterocycles. The number of unbranched alkanes of at least 4 members (excludes halogenated alkanes) is 1. The van der Waals surface area contributed by atoms with Crippen LogP contribution < -0.4 is 5.32 Å². The van der Waals surface area contributed by atoms with E-state index in [0.29, 0.717) is 6.04 Å². The molecular formula is C14H30N2. The Hall–Kier alpha value is -0.0800. The zero-order valence-corrected chi connectivity index (χ0v) is 11.5. The molecule has 0 spiro atoms. The molecule has 0 aliphatic carbocycles. The van der Waals surface area contributed by atoms with Crippen LogP contribution in [0.25, 0.3) is 0 Å². The van der Waals surface area contributed by atoms with E-state index in [2.05, 4.69) is 31.0 Å². The van der Waals surface area contributed by atoms with Crippen LogP contribution in [0.15, 0.2) is 0 Å². The summed E-state index contributed by atoms with van der Waals surface area (Å²) >= 11 is 0. The Morgan fingerprint density at radius 3 is 2.44 bits per heavy atom. The minimum Gasteiger partial charge on any atom is -0.313 e. The fourth-order valence-electron chi connectivity index (χ4n) is 2.59. The van der Waals surface area contributed by atoms with Crippen LogP contribution in [0, 0.1) is 0 Å². The molecule has 16 heavy (non-hydrogen) atoms. The Morgan fingerprint density at radius 2 is 1.88 bits per heavy atom. The molecule has 0 amide bonds. The Balaban J connectivity index is 2.17. The molecule has 2 heteroatoms. The minimum absolute atomic E-state index is 0.691. The predicted octanol–water partition coefficient (Wildman–Crippen LogP) is 3.03. The summed E-state index contributed by atoms with van der Waals surface area (Å²) in [6, 6.07) is 1.46. The maximum Gasteiger partial charge on any atom is 0.0218 e. The summed E-state index contributed by atoms with van der Waals surface area (Å²) in [5, 5.41) is 3.70. The summed E-state index contributed by atoms with van der Waals surface area (Å²) in [5.41, 5.74) is 0. The van der Waals surface area contributed by atoms with Gasteiger partial charge >= 0.3 is 0 Å². The number of hydrogen-bond donors (Lipinski definition) is 1. The van der Waals surface area contributed by atoms with Crippen LogP contribution in [0.1, 0.15) is 59.3 Å². The Morgan fingerprint density at radius 1 is 1.19 bits per heavy atom. The van der Waals surface area contributed by atoms with E-state index in [9.17, 15) is 0 Å². The largest absolute Gasteiger partial charge is 0.313 e. The second-order valence-corrected chi connectivity index (χ2v) is 5.26. The van der Waals surface area contributed by atoms with E-state index in [1.165, 1.54) is 58.2 Å². The highest BCUT2D eigenvalue weighted by atomic mass is 15.2.